The second kappa shape index (κ2) is 5.43. The fourth-order valence-corrected chi connectivity index (χ4v) is 4.83. The van der Waals surface area contributed by atoms with Gasteiger partial charge in [0.25, 0.3) is 0 Å². The molecule has 2 N–H and O–H groups in total. The Hall–Kier alpha value is -0.570. The van der Waals surface area contributed by atoms with E-state index < -0.39 is 0 Å². The van der Waals surface area contributed by atoms with Gasteiger partial charge in [0, 0.05) is 6.04 Å². The molecule has 2 saturated carbocycles. The summed E-state index contributed by atoms with van der Waals surface area (Å²) in [7, 11) is 0. The highest BCUT2D eigenvalue weighted by Gasteiger charge is 2.42. The number of hydrogen-bond acceptors (Lipinski definition) is 2. The van der Waals surface area contributed by atoms with Crippen LogP contribution in [0.15, 0.2) is 0 Å². The Morgan fingerprint density at radius 2 is 1.84 bits per heavy atom. The van der Waals surface area contributed by atoms with Crippen molar-refractivity contribution >= 4 is 5.91 Å². The highest BCUT2D eigenvalue weighted by molar-refractivity contribution is 5.82. The molecule has 3 rings (SSSR count). The summed E-state index contributed by atoms with van der Waals surface area (Å²) in [5.74, 6) is 3.16. The van der Waals surface area contributed by atoms with Crippen LogP contribution in [0, 0.1) is 23.7 Å². The molecule has 0 bridgehead atoms. The largest absolute Gasteiger partial charge is 0.352 e. The molecular formula is C16H28N2O. The van der Waals surface area contributed by atoms with Gasteiger partial charge in [-0.2, -0.15) is 0 Å². The Morgan fingerprint density at radius 3 is 2.58 bits per heavy atom. The molecule has 2 aliphatic carbocycles. The zero-order valence-electron chi connectivity index (χ0n) is 12.3. The first-order valence-corrected chi connectivity index (χ1v) is 8.17. The lowest BCUT2D eigenvalue weighted by molar-refractivity contribution is -0.124. The molecule has 0 aromatic heterocycles. The van der Waals surface area contributed by atoms with Gasteiger partial charge in [-0.15, -0.1) is 0 Å². The third-order valence-electron chi connectivity index (χ3n) is 5.55. The zero-order valence-corrected chi connectivity index (χ0v) is 12.3. The molecule has 5 unspecified atom stereocenters. The minimum absolute atomic E-state index is 0.0973. The van der Waals surface area contributed by atoms with E-state index in [1.807, 2.05) is 0 Å². The van der Waals surface area contributed by atoms with E-state index in [9.17, 15) is 4.79 Å². The number of nitrogens with one attached hydrogen (secondary N) is 2. The summed E-state index contributed by atoms with van der Waals surface area (Å²) in [6.07, 6.45) is 7.52. The van der Waals surface area contributed by atoms with Crippen LogP contribution >= 0.6 is 0 Å². The van der Waals surface area contributed by atoms with Crippen LogP contribution < -0.4 is 10.6 Å². The maximum absolute atomic E-state index is 12.5. The Labute approximate surface area is 116 Å². The maximum Gasteiger partial charge on any atom is 0.237 e. The van der Waals surface area contributed by atoms with Gasteiger partial charge in [0.15, 0.2) is 0 Å². The Kier molecular flexibility index (Phi) is 3.84. The van der Waals surface area contributed by atoms with Crippen molar-refractivity contribution in [3.05, 3.63) is 0 Å². The molecule has 3 fully saturated rings. The standard InChI is InChI=1S/C16H28N2O/c1-10-6-11(2)8-13(7-10)18-16(19)15-14-5-3-4-12(14)9-17-15/h10-15,17H,3-9H2,1-2H3,(H,18,19). The summed E-state index contributed by atoms with van der Waals surface area (Å²) in [6.45, 7) is 5.69. The van der Waals surface area contributed by atoms with Gasteiger partial charge >= 0.3 is 0 Å². The number of amides is 1. The fourth-order valence-electron chi connectivity index (χ4n) is 4.83. The molecule has 3 nitrogen and oxygen atoms in total. The summed E-state index contributed by atoms with van der Waals surface area (Å²) in [5.41, 5.74) is 0. The lowest BCUT2D eigenvalue weighted by atomic mass is 9.80. The number of rotatable bonds is 2. The second-order valence-corrected chi connectivity index (χ2v) is 7.36. The maximum atomic E-state index is 12.5. The van der Waals surface area contributed by atoms with E-state index in [-0.39, 0.29) is 11.9 Å². The summed E-state index contributed by atoms with van der Waals surface area (Å²) < 4.78 is 0. The first-order chi connectivity index (χ1) is 9.13. The summed E-state index contributed by atoms with van der Waals surface area (Å²) in [6, 6.07) is 0.508. The Balaban J connectivity index is 1.56. The number of carbonyl (C=O) groups is 1. The van der Waals surface area contributed by atoms with Crippen LogP contribution in [0.25, 0.3) is 0 Å². The van der Waals surface area contributed by atoms with Gasteiger partial charge in [-0.05, 0) is 62.3 Å². The molecular weight excluding hydrogens is 236 g/mol. The van der Waals surface area contributed by atoms with Crippen LogP contribution in [0.4, 0.5) is 0 Å². The molecule has 1 aliphatic heterocycles. The molecule has 0 aromatic rings. The van der Waals surface area contributed by atoms with E-state index in [0.29, 0.717) is 12.0 Å². The van der Waals surface area contributed by atoms with E-state index in [4.69, 9.17) is 0 Å². The van der Waals surface area contributed by atoms with E-state index >= 15 is 0 Å². The van der Waals surface area contributed by atoms with Crippen LogP contribution in [-0.4, -0.2) is 24.5 Å². The van der Waals surface area contributed by atoms with Crippen molar-refractivity contribution < 1.29 is 4.79 Å². The van der Waals surface area contributed by atoms with Gasteiger partial charge in [0.05, 0.1) is 6.04 Å². The van der Waals surface area contributed by atoms with Gasteiger partial charge in [-0.1, -0.05) is 20.3 Å². The van der Waals surface area contributed by atoms with Crippen molar-refractivity contribution in [3.8, 4) is 0 Å². The zero-order chi connectivity index (χ0) is 13.4. The second-order valence-electron chi connectivity index (χ2n) is 7.36. The quantitative estimate of drug-likeness (QED) is 0.803. The minimum atomic E-state index is 0.0973. The number of carbonyl (C=O) groups excluding carboxylic acids is 1. The van der Waals surface area contributed by atoms with Crippen molar-refractivity contribution in [2.75, 3.05) is 6.54 Å². The van der Waals surface area contributed by atoms with E-state index in [0.717, 1.165) is 37.1 Å². The molecule has 108 valence electrons. The van der Waals surface area contributed by atoms with Gasteiger partial charge in [-0.25, -0.2) is 0 Å². The van der Waals surface area contributed by atoms with Gasteiger partial charge < -0.3 is 10.6 Å². The molecule has 0 aromatic carbocycles. The molecule has 5 atom stereocenters. The van der Waals surface area contributed by atoms with Crippen molar-refractivity contribution in [1.82, 2.24) is 10.6 Å². The van der Waals surface area contributed by atoms with Crippen molar-refractivity contribution in [3.63, 3.8) is 0 Å². The van der Waals surface area contributed by atoms with Crippen LogP contribution in [0.2, 0.25) is 0 Å². The lowest BCUT2D eigenvalue weighted by Gasteiger charge is -2.33. The topological polar surface area (TPSA) is 41.1 Å². The van der Waals surface area contributed by atoms with Gasteiger partial charge in [0.2, 0.25) is 5.91 Å². The van der Waals surface area contributed by atoms with Crippen LogP contribution in [0.5, 0.6) is 0 Å². The van der Waals surface area contributed by atoms with Gasteiger partial charge in [0.1, 0.15) is 0 Å². The lowest BCUT2D eigenvalue weighted by Crippen LogP contribution is -2.49. The molecule has 3 heteroatoms. The van der Waals surface area contributed by atoms with Crippen molar-refractivity contribution in [2.45, 2.75) is 64.5 Å². The van der Waals surface area contributed by atoms with E-state index in [1.54, 1.807) is 0 Å². The Morgan fingerprint density at radius 1 is 1.11 bits per heavy atom. The first kappa shape index (κ1) is 13.4. The fraction of sp³-hybridized carbons (Fsp3) is 0.938. The number of hydrogen-bond donors (Lipinski definition) is 2. The predicted octanol–water partition coefficient (Wildman–Crippen LogP) is 2.32. The summed E-state index contributed by atoms with van der Waals surface area (Å²) in [5, 5.41) is 6.79. The normalized spacial score (nSPS) is 46.0. The highest BCUT2D eigenvalue weighted by Crippen LogP contribution is 2.38. The summed E-state index contributed by atoms with van der Waals surface area (Å²) in [4.78, 5) is 12.5. The van der Waals surface area contributed by atoms with Crippen molar-refractivity contribution in [2.24, 2.45) is 23.7 Å². The molecule has 0 radical (unpaired) electrons. The van der Waals surface area contributed by atoms with Gasteiger partial charge in [-0.3, -0.25) is 4.79 Å². The monoisotopic (exact) mass is 264 g/mol. The van der Waals surface area contributed by atoms with E-state index in [1.165, 1.54) is 25.7 Å². The van der Waals surface area contributed by atoms with Crippen LogP contribution in [0.3, 0.4) is 0 Å². The van der Waals surface area contributed by atoms with Crippen LogP contribution in [0.1, 0.15) is 52.4 Å². The molecule has 1 amide bonds. The Bertz CT molecular complexity index is 334. The SMILES string of the molecule is CC1CC(C)CC(NC(=O)C2NCC3CCCC32)C1. The first-order valence-electron chi connectivity index (χ1n) is 8.17. The molecule has 0 spiro atoms. The third-order valence-corrected chi connectivity index (χ3v) is 5.55. The number of fused-ring (bicyclic) bond motifs is 1. The molecule has 3 aliphatic rings. The smallest absolute Gasteiger partial charge is 0.237 e. The average Bonchev–Trinajstić information content (AvgIpc) is 2.87. The van der Waals surface area contributed by atoms with Crippen LogP contribution in [-0.2, 0) is 4.79 Å². The van der Waals surface area contributed by atoms with Crippen molar-refractivity contribution in [1.29, 1.82) is 0 Å². The minimum Gasteiger partial charge on any atom is -0.352 e. The average molecular weight is 264 g/mol. The molecule has 19 heavy (non-hydrogen) atoms. The summed E-state index contributed by atoms with van der Waals surface area (Å²) >= 11 is 0. The molecule has 1 heterocycles. The predicted molar refractivity (Wildman–Crippen MR) is 76.7 cm³/mol. The van der Waals surface area contributed by atoms with E-state index in [2.05, 4.69) is 24.5 Å². The third kappa shape index (κ3) is 2.81. The highest BCUT2D eigenvalue weighted by atomic mass is 16.2. The molecule has 1 saturated heterocycles.